The van der Waals surface area contributed by atoms with E-state index >= 15 is 0 Å². The monoisotopic (exact) mass is 279 g/mol. The molecule has 0 aromatic carbocycles. The minimum Gasteiger partial charge on any atom is -0.383 e. The Morgan fingerprint density at radius 1 is 1.25 bits per heavy atom. The fraction of sp³-hybridized carbons (Fsp3) is 0.667. The number of pyridine rings is 1. The maximum absolute atomic E-state index is 5.20. The van der Waals surface area contributed by atoms with Crippen LogP contribution in [-0.4, -0.2) is 51.5 Å². The zero-order valence-electron chi connectivity index (χ0n) is 12.5. The highest BCUT2D eigenvalue weighted by atomic mass is 16.5. The summed E-state index contributed by atoms with van der Waals surface area (Å²) in [5, 5.41) is 3.55. The van der Waals surface area contributed by atoms with E-state index in [2.05, 4.69) is 21.3 Å². The molecule has 0 radical (unpaired) electrons. The molecule has 1 heterocycles. The first-order chi connectivity index (χ1) is 9.85. The Balaban J connectivity index is 2.03. The van der Waals surface area contributed by atoms with Crippen LogP contribution in [0.15, 0.2) is 18.3 Å². The van der Waals surface area contributed by atoms with Gasteiger partial charge in [0.05, 0.1) is 13.2 Å². The summed E-state index contributed by atoms with van der Waals surface area (Å²) in [7, 11) is 3.45. The van der Waals surface area contributed by atoms with Gasteiger partial charge in [0.15, 0.2) is 0 Å². The van der Waals surface area contributed by atoms with Crippen molar-refractivity contribution in [2.75, 3.05) is 45.4 Å². The van der Waals surface area contributed by atoms with Crippen molar-refractivity contribution in [1.82, 2.24) is 10.3 Å². The van der Waals surface area contributed by atoms with Crippen LogP contribution >= 0.6 is 0 Å². The molecule has 1 aliphatic carbocycles. The van der Waals surface area contributed by atoms with Crippen LogP contribution in [0.4, 0.5) is 5.82 Å². The number of nitrogens with zero attached hydrogens (tertiary/aromatic N) is 2. The van der Waals surface area contributed by atoms with Gasteiger partial charge in [-0.25, -0.2) is 4.98 Å². The average Bonchev–Trinajstić information content (AvgIpc) is 3.30. The Labute approximate surface area is 121 Å². The first kappa shape index (κ1) is 15.2. The summed E-state index contributed by atoms with van der Waals surface area (Å²) in [6.45, 7) is 3.91. The molecule has 0 bridgehead atoms. The summed E-state index contributed by atoms with van der Waals surface area (Å²) in [4.78, 5) is 6.79. The predicted molar refractivity (Wildman–Crippen MR) is 80.1 cm³/mol. The molecule has 20 heavy (non-hydrogen) atoms. The highest BCUT2D eigenvalue weighted by Gasteiger charge is 2.21. The van der Waals surface area contributed by atoms with Crippen LogP contribution in [0, 0.1) is 0 Å². The van der Waals surface area contributed by atoms with Gasteiger partial charge in [0, 0.05) is 51.7 Å². The van der Waals surface area contributed by atoms with Crippen LogP contribution in [0.5, 0.6) is 0 Å². The molecule has 5 heteroatoms. The molecule has 1 N–H and O–H groups in total. The second kappa shape index (κ2) is 8.19. The molecule has 5 nitrogen and oxygen atoms in total. The van der Waals surface area contributed by atoms with Crippen LogP contribution in [0.3, 0.4) is 0 Å². The van der Waals surface area contributed by atoms with Crippen molar-refractivity contribution in [2.24, 2.45) is 0 Å². The zero-order valence-corrected chi connectivity index (χ0v) is 12.5. The fourth-order valence-corrected chi connectivity index (χ4v) is 2.12. The zero-order chi connectivity index (χ0) is 14.2. The number of hydrogen-bond donors (Lipinski definition) is 1. The summed E-state index contributed by atoms with van der Waals surface area (Å²) < 4.78 is 10.4. The third kappa shape index (κ3) is 4.74. The molecule has 2 rings (SSSR count). The van der Waals surface area contributed by atoms with E-state index in [1.807, 2.05) is 12.3 Å². The number of ether oxygens (including phenoxy) is 2. The van der Waals surface area contributed by atoms with E-state index in [1.165, 1.54) is 18.4 Å². The lowest BCUT2D eigenvalue weighted by atomic mass is 10.2. The van der Waals surface area contributed by atoms with Crippen molar-refractivity contribution >= 4 is 5.82 Å². The maximum Gasteiger partial charge on any atom is 0.133 e. The van der Waals surface area contributed by atoms with Gasteiger partial charge in [-0.15, -0.1) is 0 Å². The summed E-state index contributed by atoms with van der Waals surface area (Å²) in [6.07, 6.45) is 4.45. The van der Waals surface area contributed by atoms with Crippen LogP contribution in [-0.2, 0) is 16.0 Å². The van der Waals surface area contributed by atoms with Crippen molar-refractivity contribution in [2.45, 2.75) is 25.4 Å². The fourth-order valence-electron chi connectivity index (χ4n) is 2.12. The maximum atomic E-state index is 5.20. The Hall–Kier alpha value is -1.17. The molecule has 0 unspecified atom stereocenters. The van der Waals surface area contributed by atoms with Gasteiger partial charge < -0.3 is 19.7 Å². The van der Waals surface area contributed by atoms with E-state index in [0.717, 1.165) is 25.5 Å². The molecule has 0 saturated heterocycles. The molecule has 0 spiro atoms. The van der Waals surface area contributed by atoms with E-state index in [-0.39, 0.29) is 0 Å². The van der Waals surface area contributed by atoms with Gasteiger partial charge in [0.2, 0.25) is 0 Å². The summed E-state index contributed by atoms with van der Waals surface area (Å²) in [6, 6.07) is 4.84. The average molecular weight is 279 g/mol. The first-order valence-corrected chi connectivity index (χ1v) is 7.25. The lowest BCUT2D eigenvalue weighted by molar-refractivity contribution is 0.190. The normalized spacial score (nSPS) is 14.5. The highest BCUT2D eigenvalue weighted by Crippen LogP contribution is 2.22. The minimum atomic E-state index is 0.690. The number of nitrogens with one attached hydrogen (secondary N) is 1. The molecular formula is C15H25N3O2. The van der Waals surface area contributed by atoms with Crippen molar-refractivity contribution in [3.63, 3.8) is 0 Å². The van der Waals surface area contributed by atoms with Crippen LogP contribution < -0.4 is 10.2 Å². The van der Waals surface area contributed by atoms with E-state index in [4.69, 9.17) is 9.47 Å². The Kier molecular flexibility index (Phi) is 6.24. The molecular weight excluding hydrogens is 254 g/mol. The summed E-state index contributed by atoms with van der Waals surface area (Å²) >= 11 is 0. The minimum absolute atomic E-state index is 0.690. The quantitative estimate of drug-likeness (QED) is 0.702. The molecule has 0 aliphatic heterocycles. The molecule has 1 aliphatic rings. The lowest BCUT2D eigenvalue weighted by Gasteiger charge is -2.25. The number of methoxy groups -OCH3 is 2. The molecule has 0 atom stereocenters. The highest BCUT2D eigenvalue weighted by molar-refractivity contribution is 5.46. The van der Waals surface area contributed by atoms with Crippen molar-refractivity contribution in [3.8, 4) is 0 Å². The second-order valence-corrected chi connectivity index (χ2v) is 5.11. The van der Waals surface area contributed by atoms with Gasteiger partial charge in [0.1, 0.15) is 5.82 Å². The number of aromatic nitrogens is 1. The van der Waals surface area contributed by atoms with Gasteiger partial charge in [-0.05, 0) is 18.9 Å². The van der Waals surface area contributed by atoms with Crippen molar-refractivity contribution in [1.29, 1.82) is 0 Å². The van der Waals surface area contributed by atoms with Crippen molar-refractivity contribution < 1.29 is 9.47 Å². The van der Waals surface area contributed by atoms with Gasteiger partial charge in [0.25, 0.3) is 0 Å². The first-order valence-electron chi connectivity index (χ1n) is 7.25. The number of anilines is 1. The molecule has 112 valence electrons. The molecule has 1 saturated carbocycles. The van der Waals surface area contributed by atoms with Crippen molar-refractivity contribution in [3.05, 3.63) is 23.9 Å². The standard InChI is InChI=1S/C15H25N3O2/c1-19-10-8-18(9-11-20-2)15-13(4-3-7-16-15)12-17-14-5-6-14/h3-4,7,14,17H,5-6,8-12H2,1-2H3. The third-order valence-corrected chi connectivity index (χ3v) is 3.46. The lowest BCUT2D eigenvalue weighted by Crippen LogP contribution is -2.33. The van der Waals surface area contributed by atoms with Gasteiger partial charge in [-0.3, -0.25) is 0 Å². The molecule has 1 aromatic rings. The Morgan fingerprint density at radius 3 is 2.55 bits per heavy atom. The molecule has 0 amide bonds. The van der Waals surface area contributed by atoms with E-state index in [0.29, 0.717) is 19.3 Å². The summed E-state index contributed by atoms with van der Waals surface area (Å²) in [5.41, 5.74) is 1.24. The number of hydrogen-bond acceptors (Lipinski definition) is 5. The van der Waals surface area contributed by atoms with E-state index in [9.17, 15) is 0 Å². The van der Waals surface area contributed by atoms with E-state index < -0.39 is 0 Å². The second-order valence-electron chi connectivity index (χ2n) is 5.11. The summed E-state index contributed by atoms with van der Waals surface area (Å²) in [5.74, 6) is 1.04. The van der Waals surface area contributed by atoms with E-state index in [1.54, 1.807) is 14.2 Å². The van der Waals surface area contributed by atoms with Crippen LogP contribution in [0.1, 0.15) is 18.4 Å². The smallest absolute Gasteiger partial charge is 0.133 e. The largest absolute Gasteiger partial charge is 0.383 e. The molecule has 1 fully saturated rings. The predicted octanol–water partition coefficient (Wildman–Crippen LogP) is 1.43. The third-order valence-electron chi connectivity index (χ3n) is 3.46. The number of rotatable bonds is 10. The molecule has 1 aromatic heterocycles. The van der Waals surface area contributed by atoms with Gasteiger partial charge in [-0.2, -0.15) is 0 Å². The van der Waals surface area contributed by atoms with Gasteiger partial charge >= 0.3 is 0 Å². The Bertz CT molecular complexity index is 388. The van der Waals surface area contributed by atoms with Crippen LogP contribution in [0.2, 0.25) is 0 Å². The Morgan fingerprint density at radius 2 is 1.95 bits per heavy atom. The van der Waals surface area contributed by atoms with Gasteiger partial charge in [-0.1, -0.05) is 6.07 Å². The topological polar surface area (TPSA) is 46.6 Å². The van der Waals surface area contributed by atoms with Crippen LogP contribution in [0.25, 0.3) is 0 Å². The SMILES string of the molecule is COCCN(CCOC)c1ncccc1CNC1CC1.